The molecule has 0 saturated heterocycles. The molecule has 3 N–H and O–H groups in total. The van der Waals surface area contributed by atoms with Crippen molar-refractivity contribution in [3.05, 3.63) is 58.3 Å². The van der Waals surface area contributed by atoms with Gasteiger partial charge in [-0.15, -0.1) is 0 Å². The zero-order valence-electron chi connectivity index (χ0n) is 17.9. The van der Waals surface area contributed by atoms with E-state index in [-0.39, 0.29) is 11.7 Å². The van der Waals surface area contributed by atoms with Crippen molar-refractivity contribution in [2.24, 2.45) is 0 Å². The van der Waals surface area contributed by atoms with E-state index >= 15 is 0 Å². The van der Waals surface area contributed by atoms with Crippen LogP contribution >= 0.6 is 11.6 Å². The highest BCUT2D eigenvalue weighted by molar-refractivity contribution is 6.32. The molecule has 0 aliphatic carbocycles. The lowest BCUT2D eigenvalue weighted by Crippen LogP contribution is -2.12. The van der Waals surface area contributed by atoms with Gasteiger partial charge in [-0.1, -0.05) is 17.7 Å². The molecular weight excluding hydrogens is 432 g/mol. The summed E-state index contributed by atoms with van der Waals surface area (Å²) in [6, 6.07) is 4.67. The lowest BCUT2D eigenvalue weighted by Gasteiger charge is -2.22. The van der Waals surface area contributed by atoms with E-state index in [0.717, 1.165) is 22.4 Å². The molecule has 0 bridgehead atoms. The Morgan fingerprint density at radius 2 is 2.00 bits per heavy atom. The predicted molar refractivity (Wildman–Crippen MR) is 121 cm³/mol. The predicted octanol–water partition coefficient (Wildman–Crippen LogP) is 4.06. The van der Waals surface area contributed by atoms with Crippen LogP contribution < -0.4 is 10.5 Å². The third kappa shape index (κ3) is 3.40. The summed E-state index contributed by atoms with van der Waals surface area (Å²) < 4.78 is 7.59. The normalized spacial score (nSPS) is 12.2. The number of hydrogen-bond acceptors (Lipinski definition) is 7. The highest BCUT2D eigenvalue weighted by Gasteiger charge is 2.25. The van der Waals surface area contributed by atoms with Gasteiger partial charge >= 0.3 is 5.97 Å². The Morgan fingerprint density at radius 3 is 2.62 bits per heavy atom. The van der Waals surface area contributed by atoms with Crippen LogP contribution in [0.3, 0.4) is 0 Å². The zero-order valence-corrected chi connectivity index (χ0v) is 18.7. The molecule has 3 aromatic heterocycles. The average Bonchev–Trinajstić information content (AvgIpc) is 3.12. The number of rotatable bonds is 5. The number of nitrogens with zero attached hydrogens (tertiary/aromatic N) is 5. The first-order chi connectivity index (χ1) is 15.2. The number of carbonyl (C=O) groups is 1. The first-order valence-corrected chi connectivity index (χ1v) is 10.1. The van der Waals surface area contributed by atoms with Crippen LogP contribution in [0.25, 0.3) is 22.2 Å². The number of halogens is 1. The number of anilines is 1. The fourth-order valence-electron chi connectivity index (χ4n) is 3.86. The molecule has 9 nitrogen and oxygen atoms in total. The van der Waals surface area contributed by atoms with Crippen LogP contribution in [0, 0.1) is 13.8 Å². The maximum atomic E-state index is 11.2. The van der Waals surface area contributed by atoms with E-state index in [2.05, 4.69) is 20.1 Å². The molecule has 0 fully saturated rings. The van der Waals surface area contributed by atoms with Gasteiger partial charge in [0.2, 0.25) is 0 Å². The van der Waals surface area contributed by atoms with Crippen LogP contribution in [0.4, 0.5) is 5.82 Å². The number of fused-ring (bicyclic) bond motifs is 1. The van der Waals surface area contributed by atoms with Crippen LogP contribution in [0.1, 0.15) is 40.3 Å². The molecule has 0 aliphatic rings. The third-order valence-electron chi connectivity index (χ3n) is 5.49. The second-order valence-electron chi connectivity index (χ2n) is 7.38. The van der Waals surface area contributed by atoms with Gasteiger partial charge in [0.05, 0.1) is 24.2 Å². The molecule has 1 aromatic carbocycles. The molecular formula is C22H21ClN6O3. The average molecular weight is 453 g/mol. The SMILES string of the molecule is COc1c(C(C)n2nc(C)c3c(N)ncnc32)cc(Cl)c(C)c1-c1ccc(C(=O)O)nc1. The lowest BCUT2D eigenvalue weighted by molar-refractivity contribution is 0.0690. The van der Waals surface area contributed by atoms with Crippen LogP contribution in [-0.2, 0) is 0 Å². The van der Waals surface area contributed by atoms with Crippen molar-refractivity contribution in [2.75, 3.05) is 12.8 Å². The number of aryl methyl sites for hydroxylation is 1. The van der Waals surface area contributed by atoms with Crippen molar-refractivity contribution >= 4 is 34.4 Å². The zero-order chi connectivity index (χ0) is 23.2. The molecule has 0 saturated carbocycles. The molecule has 10 heteroatoms. The first kappa shape index (κ1) is 21.5. The summed E-state index contributed by atoms with van der Waals surface area (Å²) >= 11 is 6.61. The van der Waals surface area contributed by atoms with Crippen LogP contribution in [-0.4, -0.2) is 42.9 Å². The Hall–Kier alpha value is -3.72. The van der Waals surface area contributed by atoms with E-state index in [1.54, 1.807) is 17.9 Å². The van der Waals surface area contributed by atoms with Gasteiger partial charge in [0.1, 0.15) is 23.6 Å². The second kappa shape index (κ2) is 8.08. The maximum absolute atomic E-state index is 11.2. The first-order valence-electron chi connectivity index (χ1n) is 9.76. The van der Waals surface area contributed by atoms with Gasteiger partial charge in [-0.2, -0.15) is 5.10 Å². The van der Waals surface area contributed by atoms with E-state index in [1.807, 2.05) is 26.8 Å². The number of pyridine rings is 1. The van der Waals surface area contributed by atoms with Gasteiger partial charge in [-0.3, -0.25) is 0 Å². The summed E-state index contributed by atoms with van der Waals surface area (Å²) in [7, 11) is 1.58. The highest BCUT2D eigenvalue weighted by atomic mass is 35.5. The molecule has 164 valence electrons. The number of benzene rings is 1. The summed E-state index contributed by atoms with van der Waals surface area (Å²) in [6.45, 7) is 5.69. The monoisotopic (exact) mass is 452 g/mol. The molecule has 0 amide bonds. The molecule has 32 heavy (non-hydrogen) atoms. The smallest absolute Gasteiger partial charge is 0.354 e. The second-order valence-corrected chi connectivity index (χ2v) is 7.79. The summed E-state index contributed by atoms with van der Waals surface area (Å²) in [5, 5.41) is 15.0. The van der Waals surface area contributed by atoms with E-state index < -0.39 is 5.97 Å². The summed E-state index contributed by atoms with van der Waals surface area (Å²) in [5.41, 5.74) is 10.3. The minimum Gasteiger partial charge on any atom is -0.496 e. The molecule has 1 unspecified atom stereocenters. The Balaban J connectivity index is 1.93. The molecule has 0 spiro atoms. The number of methoxy groups -OCH3 is 1. The Kier molecular flexibility index (Phi) is 5.43. The molecule has 1 atom stereocenters. The highest BCUT2D eigenvalue weighted by Crippen LogP contribution is 2.43. The van der Waals surface area contributed by atoms with E-state index in [1.165, 1.54) is 18.6 Å². The van der Waals surface area contributed by atoms with Gasteiger partial charge < -0.3 is 15.6 Å². The van der Waals surface area contributed by atoms with E-state index in [4.69, 9.17) is 27.2 Å². The Bertz CT molecular complexity index is 1350. The summed E-state index contributed by atoms with van der Waals surface area (Å²) in [5.74, 6) is -0.138. The number of nitrogen functional groups attached to an aromatic ring is 1. The maximum Gasteiger partial charge on any atom is 0.354 e. The molecule has 4 aromatic rings. The minimum atomic E-state index is -1.09. The standard InChI is InChI=1S/C22H21ClN6O3/c1-10-15(23)7-14(12(3)29-21-18(11(2)28-29)20(24)26-9-27-21)19(32-4)17(10)13-5-6-16(22(30)31)25-8-13/h5-9,12H,1-4H3,(H,30,31)(H2,24,26,27). The number of nitrogens with two attached hydrogens (primary N) is 1. The summed E-state index contributed by atoms with van der Waals surface area (Å²) in [4.78, 5) is 23.7. The number of carboxylic acid groups (broad SMARTS) is 1. The topological polar surface area (TPSA) is 129 Å². The van der Waals surface area contributed by atoms with Crippen molar-refractivity contribution in [1.82, 2.24) is 24.7 Å². The number of aromatic carboxylic acids is 1. The van der Waals surface area contributed by atoms with E-state index in [9.17, 15) is 4.79 Å². The van der Waals surface area contributed by atoms with Gasteiger partial charge in [0.25, 0.3) is 0 Å². The number of ether oxygens (including phenoxy) is 1. The number of aromatic nitrogens is 5. The van der Waals surface area contributed by atoms with Gasteiger partial charge in [-0.25, -0.2) is 24.4 Å². The number of carboxylic acids is 1. The van der Waals surface area contributed by atoms with E-state index in [0.29, 0.717) is 33.2 Å². The van der Waals surface area contributed by atoms with Gasteiger partial charge in [0, 0.05) is 27.9 Å². The van der Waals surface area contributed by atoms with Crippen LogP contribution in [0.2, 0.25) is 5.02 Å². The van der Waals surface area contributed by atoms with Gasteiger partial charge in [-0.05, 0) is 38.5 Å². The van der Waals surface area contributed by atoms with Crippen molar-refractivity contribution in [1.29, 1.82) is 0 Å². The van der Waals surface area contributed by atoms with Crippen molar-refractivity contribution in [3.63, 3.8) is 0 Å². The largest absolute Gasteiger partial charge is 0.496 e. The fourth-order valence-corrected chi connectivity index (χ4v) is 4.07. The third-order valence-corrected chi connectivity index (χ3v) is 5.88. The molecule has 0 aliphatic heterocycles. The quantitative estimate of drug-likeness (QED) is 0.463. The van der Waals surface area contributed by atoms with Crippen molar-refractivity contribution < 1.29 is 14.6 Å². The van der Waals surface area contributed by atoms with Crippen molar-refractivity contribution in [2.45, 2.75) is 26.8 Å². The minimum absolute atomic E-state index is 0.0447. The van der Waals surface area contributed by atoms with Crippen molar-refractivity contribution in [3.8, 4) is 16.9 Å². The molecule has 0 radical (unpaired) electrons. The Labute approximate surface area is 188 Å². The lowest BCUT2D eigenvalue weighted by atomic mass is 9.94. The van der Waals surface area contributed by atoms with Gasteiger partial charge in [0.15, 0.2) is 5.65 Å². The van der Waals surface area contributed by atoms with Crippen LogP contribution in [0.15, 0.2) is 30.7 Å². The number of hydrogen-bond donors (Lipinski definition) is 2. The summed E-state index contributed by atoms with van der Waals surface area (Å²) in [6.07, 6.45) is 2.91. The molecule has 3 heterocycles. The fraction of sp³-hybridized carbons (Fsp3) is 0.227. The Morgan fingerprint density at radius 1 is 1.25 bits per heavy atom. The van der Waals surface area contributed by atoms with Crippen LogP contribution in [0.5, 0.6) is 5.75 Å². The molecule has 4 rings (SSSR count).